The minimum absolute atomic E-state index is 0.0326. The van der Waals surface area contributed by atoms with Crippen molar-refractivity contribution < 1.29 is 48.2 Å². The van der Waals surface area contributed by atoms with Gasteiger partial charge in [-0.15, -0.1) is 0 Å². The molecule has 0 bridgehead atoms. The summed E-state index contributed by atoms with van der Waals surface area (Å²) in [6.07, 6.45) is -5.33. The van der Waals surface area contributed by atoms with E-state index in [4.69, 9.17) is 0 Å². The zero-order valence-electron chi connectivity index (χ0n) is 19.4. The fraction of sp³-hybridized carbons (Fsp3) is 1.00. The number of unbranched alkanes of at least 4 members (excludes halogenated alkanes) is 6. The lowest BCUT2D eigenvalue weighted by molar-refractivity contribution is -0.921. The van der Waals surface area contributed by atoms with Crippen LogP contribution in [-0.2, 0) is 10.1 Å². The number of rotatable bonds is 15. The minimum Gasteiger partial charge on any atom is -0.743 e. The first-order chi connectivity index (χ1) is 14.4. The molecule has 4 nitrogen and oxygen atoms in total. The lowest BCUT2D eigenvalue weighted by Crippen LogP contribution is -2.47. The van der Waals surface area contributed by atoms with Crippen molar-refractivity contribution in [2.24, 2.45) is 0 Å². The molecular formula is C20H38F7NO3S. The van der Waals surface area contributed by atoms with Crippen LogP contribution in [0.25, 0.3) is 0 Å². The second-order valence-electron chi connectivity index (χ2n) is 7.87. The summed E-state index contributed by atoms with van der Waals surface area (Å²) < 4.78 is 119. The maximum Gasteiger partial charge on any atom is 0.396 e. The van der Waals surface area contributed by atoms with E-state index in [1.54, 1.807) is 0 Å². The quantitative estimate of drug-likeness (QED) is 0.108. The van der Waals surface area contributed by atoms with Crippen molar-refractivity contribution in [1.82, 2.24) is 0 Å². The lowest BCUT2D eigenvalue weighted by Gasteiger charge is -2.34. The summed E-state index contributed by atoms with van der Waals surface area (Å²) in [4.78, 5) is 0. The minimum atomic E-state index is -6.46. The smallest absolute Gasteiger partial charge is 0.396 e. The zero-order chi connectivity index (χ0) is 25.7. The van der Waals surface area contributed by atoms with E-state index in [0.717, 1.165) is 0 Å². The monoisotopic (exact) mass is 505 g/mol. The number of hydrogen-bond donors (Lipinski definition) is 0. The van der Waals surface area contributed by atoms with Crippen molar-refractivity contribution in [3.05, 3.63) is 0 Å². The second kappa shape index (κ2) is 14.6. The molecule has 0 fully saturated rings. The Balaban J connectivity index is 0. The Hall–Kier alpha value is -0.620. The van der Waals surface area contributed by atoms with E-state index in [1.165, 1.54) is 30.7 Å². The van der Waals surface area contributed by atoms with Crippen LogP contribution in [-0.4, -0.2) is 61.0 Å². The summed E-state index contributed by atoms with van der Waals surface area (Å²) in [6.45, 7) is 14.2. The molecule has 0 N–H and O–H groups in total. The summed E-state index contributed by atoms with van der Waals surface area (Å²) >= 11 is 0. The Morgan fingerprint density at radius 3 is 1.19 bits per heavy atom. The first-order valence-electron chi connectivity index (χ1n) is 11.1. The molecule has 0 saturated heterocycles. The third-order valence-corrected chi connectivity index (χ3v) is 6.80. The van der Waals surface area contributed by atoms with Gasteiger partial charge in [-0.1, -0.05) is 32.1 Å². The summed E-state index contributed by atoms with van der Waals surface area (Å²) in [5, 5.41) is -5.66. The molecule has 0 aromatic rings. The first kappa shape index (κ1) is 33.6. The normalized spacial score (nSPS) is 13.6. The van der Waals surface area contributed by atoms with Crippen LogP contribution < -0.4 is 0 Å². The molecule has 32 heavy (non-hydrogen) atoms. The third-order valence-electron chi connectivity index (χ3n) is 5.87. The molecule has 0 radical (unpaired) electrons. The van der Waals surface area contributed by atoms with Gasteiger partial charge in [0.15, 0.2) is 10.1 Å². The van der Waals surface area contributed by atoms with Gasteiger partial charge >= 0.3 is 17.4 Å². The van der Waals surface area contributed by atoms with E-state index >= 15 is 0 Å². The highest BCUT2D eigenvalue weighted by Crippen LogP contribution is 2.41. The SMILES string of the molecule is CC[N+](CC)(CC)CC.O=S(=O)([O-])C(F)(F)C(F)(F)CCCCCCCCCC(F)(F)F. The van der Waals surface area contributed by atoms with Gasteiger partial charge in [0.25, 0.3) is 0 Å². The highest BCUT2D eigenvalue weighted by molar-refractivity contribution is 7.86. The lowest BCUT2D eigenvalue weighted by atomic mass is 10.1. The molecule has 196 valence electrons. The van der Waals surface area contributed by atoms with Gasteiger partial charge < -0.3 is 9.04 Å². The maximum atomic E-state index is 13.0. The van der Waals surface area contributed by atoms with E-state index in [1.807, 2.05) is 0 Å². The average molecular weight is 506 g/mol. The molecule has 0 aromatic heterocycles. The van der Waals surface area contributed by atoms with Crippen molar-refractivity contribution in [2.75, 3.05) is 26.2 Å². The van der Waals surface area contributed by atoms with Gasteiger partial charge in [-0.25, -0.2) is 8.42 Å². The molecule has 0 heterocycles. The highest BCUT2D eigenvalue weighted by Gasteiger charge is 2.60. The standard InChI is InChI=1S/C12H19F7O3S.C8H20N/c13-10(14,12(18,19)23(20,21)22)8-6-4-2-1-3-5-7-9-11(15,16)17;1-5-9(6-2,7-3)8-4/h1-9H2,(H,20,21,22);5-8H2,1-4H3/q;+1/p-1. The zero-order valence-corrected chi connectivity index (χ0v) is 20.2. The average Bonchev–Trinajstić information content (AvgIpc) is 2.67. The Bertz CT molecular complexity index is 575. The Morgan fingerprint density at radius 1 is 0.625 bits per heavy atom. The van der Waals surface area contributed by atoms with Crippen molar-refractivity contribution in [3.8, 4) is 0 Å². The van der Waals surface area contributed by atoms with Gasteiger partial charge in [-0.05, 0) is 40.5 Å². The Labute approximate surface area is 187 Å². The van der Waals surface area contributed by atoms with Crippen molar-refractivity contribution in [3.63, 3.8) is 0 Å². The number of halogens is 7. The van der Waals surface area contributed by atoms with Crippen molar-refractivity contribution >= 4 is 10.1 Å². The molecule has 0 spiro atoms. The maximum absolute atomic E-state index is 13.0. The van der Waals surface area contributed by atoms with Crippen LogP contribution in [0.4, 0.5) is 30.7 Å². The molecule has 0 saturated carbocycles. The third kappa shape index (κ3) is 12.6. The fourth-order valence-corrected chi connectivity index (χ4v) is 3.69. The number of hydrogen-bond acceptors (Lipinski definition) is 3. The molecule has 0 aliphatic heterocycles. The molecule has 0 atom stereocenters. The van der Waals surface area contributed by atoms with Crippen molar-refractivity contribution in [1.29, 1.82) is 0 Å². The van der Waals surface area contributed by atoms with Crippen LogP contribution in [0.5, 0.6) is 0 Å². The predicted octanol–water partition coefficient (Wildman–Crippen LogP) is 6.72. The van der Waals surface area contributed by atoms with Gasteiger partial charge in [0.1, 0.15) is 0 Å². The second-order valence-corrected chi connectivity index (χ2v) is 9.29. The van der Waals surface area contributed by atoms with E-state index < -0.39 is 46.7 Å². The first-order valence-corrected chi connectivity index (χ1v) is 12.5. The van der Waals surface area contributed by atoms with Crippen LogP contribution in [0.1, 0.15) is 85.5 Å². The largest absolute Gasteiger partial charge is 0.743 e. The summed E-state index contributed by atoms with van der Waals surface area (Å²) in [5.41, 5.74) is 0. The highest BCUT2D eigenvalue weighted by atomic mass is 32.2. The molecular weight excluding hydrogens is 467 g/mol. The van der Waals surface area contributed by atoms with E-state index in [9.17, 15) is 43.7 Å². The summed E-state index contributed by atoms with van der Waals surface area (Å²) in [7, 11) is -6.46. The number of quaternary nitrogens is 1. The van der Waals surface area contributed by atoms with Gasteiger partial charge in [-0.3, -0.25) is 0 Å². The predicted molar refractivity (Wildman–Crippen MR) is 110 cm³/mol. The fourth-order valence-electron chi connectivity index (χ4n) is 3.23. The van der Waals surface area contributed by atoms with E-state index in [-0.39, 0.29) is 12.8 Å². The molecule has 0 amide bonds. The Morgan fingerprint density at radius 2 is 0.938 bits per heavy atom. The molecule has 0 aromatic carbocycles. The molecule has 0 aliphatic carbocycles. The molecule has 12 heteroatoms. The van der Waals surface area contributed by atoms with E-state index in [0.29, 0.717) is 25.7 Å². The van der Waals surface area contributed by atoms with E-state index in [2.05, 4.69) is 27.7 Å². The van der Waals surface area contributed by atoms with Gasteiger partial charge in [-0.2, -0.15) is 30.7 Å². The van der Waals surface area contributed by atoms with Gasteiger partial charge in [0, 0.05) is 12.8 Å². The molecule has 0 rings (SSSR count). The Kier molecular flexibility index (Phi) is 15.3. The molecule has 0 unspecified atom stereocenters. The molecule has 0 aliphatic rings. The van der Waals surface area contributed by atoms with Crippen molar-refractivity contribution in [2.45, 2.75) is 103 Å². The van der Waals surface area contributed by atoms with Crippen LogP contribution in [0, 0.1) is 0 Å². The summed E-state index contributed by atoms with van der Waals surface area (Å²) in [5.74, 6) is -4.94. The topological polar surface area (TPSA) is 57.2 Å². The van der Waals surface area contributed by atoms with Gasteiger partial charge in [0.05, 0.1) is 26.2 Å². The van der Waals surface area contributed by atoms with Crippen LogP contribution in [0.2, 0.25) is 0 Å². The van der Waals surface area contributed by atoms with Crippen LogP contribution >= 0.6 is 0 Å². The van der Waals surface area contributed by atoms with Crippen LogP contribution in [0.3, 0.4) is 0 Å². The summed E-state index contributed by atoms with van der Waals surface area (Å²) in [6, 6.07) is 0. The number of nitrogens with zero attached hydrogens (tertiary/aromatic N) is 1. The van der Waals surface area contributed by atoms with Gasteiger partial charge in [0.2, 0.25) is 0 Å². The number of alkyl halides is 7. The van der Waals surface area contributed by atoms with Crippen LogP contribution in [0.15, 0.2) is 0 Å².